The molecule has 72 valence electrons. The van der Waals surface area contributed by atoms with Crippen molar-refractivity contribution in [1.29, 1.82) is 0 Å². The van der Waals surface area contributed by atoms with E-state index in [1.807, 2.05) is 0 Å². The Balaban J connectivity index is 1.97. The molecule has 0 aromatic heterocycles. The van der Waals surface area contributed by atoms with Crippen molar-refractivity contribution in [3.63, 3.8) is 0 Å². The molecule has 13 heavy (non-hydrogen) atoms. The lowest BCUT2D eigenvalue weighted by molar-refractivity contribution is -0.199. The van der Waals surface area contributed by atoms with E-state index >= 15 is 0 Å². The molecular formula is C10H17BO2. The second kappa shape index (κ2) is 2.14. The van der Waals surface area contributed by atoms with Gasteiger partial charge in [0.2, 0.25) is 0 Å². The highest BCUT2D eigenvalue weighted by atomic mass is 16.6. The van der Waals surface area contributed by atoms with Crippen molar-refractivity contribution in [2.45, 2.75) is 45.3 Å². The van der Waals surface area contributed by atoms with Crippen LogP contribution in [0.1, 0.15) is 33.6 Å². The van der Waals surface area contributed by atoms with Crippen LogP contribution in [0.25, 0.3) is 0 Å². The number of rotatable bonds is 0. The molecular weight excluding hydrogens is 163 g/mol. The summed E-state index contributed by atoms with van der Waals surface area (Å²) < 4.78 is 11.4. The molecule has 3 heteroatoms. The minimum Gasteiger partial charge on any atom is -0.408 e. The van der Waals surface area contributed by atoms with Gasteiger partial charge in [-0.05, 0) is 37.0 Å². The first kappa shape index (κ1) is 8.31. The fourth-order valence-corrected chi connectivity index (χ4v) is 3.78. The molecule has 1 heterocycles. The molecule has 4 atom stereocenters. The van der Waals surface area contributed by atoms with Gasteiger partial charge in [-0.2, -0.15) is 0 Å². The second-order valence-corrected chi connectivity index (χ2v) is 5.64. The Labute approximate surface area is 80.3 Å². The normalized spacial score (nSPS) is 56.4. The van der Waals surface area contributed by atoms with Crippen molar-refractivity contribution in [3.05, 3.63) is 0 Å². The molecule has 0 radical (unpaired) electrons. The van der Waals surface area contributed by atoms with E-state index in [0.29, 0.717) is 25.1 Å². The van der Waals surface area contributed by atoms with Crippen LogP contribution in [0.4, 0.5) is 0 Å². The molecule has 2 bridgehead atoms. The Bertz CT molecular complexity index is 253. The van der Waals surface area contributed by atoms with Crippen LogP contribution in [-0.4, -0.2) is 19.4 Å². The van der Waals surface area contributed by atoms with E-state index in [0.717, 1.165) is 5.92 Å². The zero-order valence-electron chi connectivity index (χ0n) is 8.67. The van der Waals surface area contributed by atoms with Gasteiger partial charge >= 0.3 is 7.69 Å². The van der Waals surface area contributed by atoms with Gasteiger partial charge in [0.25, 0.3) is 0 Å². The van der Waals surface area contributed by atoms with Crippen LogP contribution in [0.5, 0.6) is 0 Å². The lowest BCUT2D eigenvalue weighted by atomic mass is 9.43. The third-order valence-electron chi connectivity index (χ3n) is 4.94. The molecule has 0 aromatic rings. The zero-order valence-corrected chi connectivity index (χ0v) is 8.67. The maximum absolute atomic E-state index is 5.81. The monoisotopic (exact) mass is 180 g/mol. The largest absolute Gasteiger partial charge is 0.438 e. The maximum Gasteiger partial charge on any atom is 0.438 e. The van der Waals surface area contributed by atoms with Gasteiger partial charge in [0.1, 0.15) is 0 Å². The average molecular weight is 180 g/mol. The molecule has 2 nitrogen and oxygen atoms in total. The molecule has 3 saturated carbocycles. The fraction of sp³-hybridized carbons (Fsp3) is 1.00. The summed E-state index contributed by atoms with van der Waals surface area (Å²) >= 11 is 0. The lowest BCUT2D eigenvalue weighted by Crippen LogP contribution is -2.65. The summed E-state index contributed by atoms with van der Waals surface area (Å²) in [5.41, 5.74) is 0.511. The minimum absolute atomic E-state index is 0.0260. The summed E-state index contributed by atoms with van der Waals surface area (Å²) in [4.78, 5) is 0. The van der Waals surface area contributed by atoms with E-state index in [2.05, 4.69) is 20.8 Å². The first-order valence-electron chi connectivity index (χ1n) is 5.30. The predicted molar refractivity (Wildman–Crippen MR) is 51.5 cm³/mol. The first-order valence-corrected chi connectivity index (χ1v) is 5.30. The van der Waals surface area contributed by atoms with Gasteiger partial charge in [-0.15, -0.1) is 0 Å². The van der Waals surface area contributed by atoms with Gasteiger partial charge in [-0.25, -0.2) is 0 Å². The highest BCUT2D eigenvalue weighted by Crippen LogP contribution is 2.65. The molecule has 4 fully saturated rings. The van der Waals surface area contributed by atoms with E-state index in [-0.39, 0.29) is 5.60 Å². The summed E-state index contributed by atoms with van der Waals surface area (Å²) in [7, 11) is 0.514. The fourth-order valence-electron chi connectivity index (χ4n) is 3.78. The molecule has 3 unspecified atom stereocenters. The van der Waals surface area contributed by atoms with Crippen LogP contribution in [0, 0.1) is 17.3 Å². The van der Waals surface area contributed by atoms with E-state index in [9.17, 15) is 0 Å². The minimum atomic E-state index is 0.0260. The Morgan fingerprint density at radius 2 is 2.00 bits per heavy atom. The highest BCUT2D eigenvalue weighted by molar-refractivity contribution is 6.19. The van der Waals surface area contributed by atoms with Gasteiger partial charge in [0.05, 0.1) is 11.7 Å². The van der Waals surface area contributed by atoms with E-state index < -0.39 is 0 Å². The Kier molecular flexibility index (Phi) is 1.37. The van der Waals surface area contributed by atoms with Gasteiger partial charge in [-0.1, -0.05) is 13.8 Å². The SMILES string of the molecule is CC1(C)C2CC3OBO[C@@]3(C)C1C2. The number of hydrogen-bond donors (Lipinski definition) is 0. The van der Waals surface area contributed by atoms with Crippen molar-refractivity contribution < 1.29 is 9.31 Å². The maximum atomic E-state index is 5.81. The lowest BCUT2D eigenvalue weighted by Gasteiger charge is -2.64. The van der Waals surface area contributed by atoms with E-state index in [1.165, 1.54) is 12.8 Å². The number of hydrogen-bond acceptors (Lipinski definition) is 2. The molecule has 0 spiro atoms. The van der Waals surface area contributed by atoms with Gasteiger partial charge in [0.15, 0.2) is 0 Å². The summed E-state index contributed by atoms with van der Waals surface area (Å²) in [5, 5.41) is 0. The Hall–Kier alpha value is -0.0151. The molecule has 0 amide bonds. The third kappa shape index (κ3) is 0.786. The second-order valence-electron chi connectivity index (χ2n) is 5.64. The van der Waals surface area contributed by atoms with Gasteiger partial charge in [0, 0.05) is 0 Å². The zero-order chi connectivity index (χ0) is 9.27. The van der Waals surface area contributed by atoms with Crippen molar-refractivity contribution in [2.75, 3.05) is 0 Å². The van der Waals surface area contributed by atoms with Crippen LogP contribution in [-0.2, 0) is 9.31 Å². The van der Waals surface area contributed by atoms with Crippen molar-refractivity contribution >= 4 is 7.69 Å². The van der Waals surface area contributed by atoms with Crippen LogP contribution < -0.4 is 0 Å². The van der Waals surface area contributed by atoms with Crippen LogP contribution >= 0.6 is 0 Å². The summed E-state index contributed by atoms with van der Waals surface area (Å²) in [6.45, 7) is 7.01. The Morgan fingerprint density at radius 3 is 2.69 bits per heavy atom. The smallest absolute Gasteiger partial charge is 0.408 e. The van der Waals surface area contributed by atoms with Crippen LogP contribution in [0.3, 0.4) is 0 Å². The molecule has 0 N–H and O–H groups in total. The Morgan fingerprint density at radius 1 is 1.23 bits per heavy atom. The highest BCUT2D eigenvalue weighted by Gasteiger charge is 2.65. The topological polar surface area (TPSA) is 18.5 Å². The van der Waals surface area contributed by atoms with Crippen molar-refractivity contribution in [3.8, 4) is 0 Å². The predicted octanol–water partition coefficient (Wildman–Crippen LogP) is 1.49. The molecule has 3 aliphatic carbocycles. The van der Waals surface area contributed by atoms with Crippen LogP contribution in [0.2, 0.25) is 0 Å². The summed E-state index contributed by atoms with van der Waals surface area (Å²) in [5.74, 6) is 1.59. The average Bonchev–Trinajstić information content (AvgIpc) is 2.44. The molecule has 0 aromatic carbocycles. The molecule has 1 aliphatic heterocycles. The van der Waals surface area contributed by atoms with Crippen molar-refractivity contribution in [1.82, 2.24) is 0 Å². The van der Waals surface area contributed by atoms with Gasteiger partial charge < -0.3 is 9.31 Å². The quantitative estimate of drug-likeness (QED) is 0.526. The summed E-state index contributed by atoms with van der Waals surface area (Å²) in [6, 6.07) is 0. The first-order chi connectivity index (χ1) is 6.05. The van der Waals surface area contributed by atoms with Gasteiger partial charge in [-0.3, -0.25) is 0 Å². The van der Waals surface area contributed by atoms with E-state index in [1.54, 1.807) is 0 Å². The molecule has 1 saturated heterocycles. The molecule has 4 rings (SSSR count). The van der Waals surface area contributed by atoms with E-state index in [4.69, 9.17) is 9.31 Å². The molecule has 4 aliphatic rings. The van der Waals surface area contributed by atoms with Crippen molar-refractivity contribution in [2.24, 2.45) is 17.3 Å². The summed E-state index contributed by atoms with van der Waals surface area (Å²) in [6.07, 6.45) is 2.94. The van der Waals surface area contributed by atoms with Crippen LogP contribution in [0.15, 0.2) is 0 Å². The standard InChI is InChI=1S/C10H17BO2/c1-9(2)6-4-7(9)10(3)8(5-6)12-11-13-10/h6-8,11H,4-5H2,1-3H3/t6?,7?,8?,10-/m0/s1. The third-order valence-corrected chi connectivity index (χ3v) is 4.94.